The summed E-state index contributed by atoms with van der Waals surface area (Å²) in [7, 11) is 0. The zero-order chi connectivity index (χ0) is 15.2. The molecule has 0 heterocycles. The number of carbonyl (C=O) groups is 3. The van der Waals surface area contributed by atoms with E-state index < -0.39 is 47.4 Å². The van der Waals surface area contributed by atoms with E-state index in [1.807, 2.05) is 0 Å². The van der Waals surface area contributed by atoms with Gasteiger partial charge in [-0.05, 0) is 25.7 Å². The Bertz CT molecular complexity index is 466. The van der Waals surface area contributed by atoms with Crippen molar-refractivity contribution in [2.24, 2.45) is 23.5 Å². The Kier molecular flexibility index (Phi) is 4.64. The number of aliphatic hydroxyl groups excluding tert-OH is 1. The number of carbonyl (C=O) groups excluding carboxylic acids is 1. The molecule has 6 atom stereocenters. The Morgan fingerprint density at radius 2 is 1.90 bits per heavy atom. The van der Waals surface area contributed by atoms with Crippen LogP contribution in [0.15, 0.2) is 0 Å². The first-order valence-electron chi connectivity index (χ1n) is 6.43. The summed E-state index contributed by atoms with van der Waals surface area (Å²) in [6.07, 6.45) is -0.408. The fourth-order valence-corrected chi connectivity index (χ4v) is 3.27. The highest BCUT2D eigenvalue weighted by atomic mass is 16.4. The van der Waals surface area contributed by atoms with E-state index in [0.29, 0.717) is 12.8 Å². The molecule has 1 amide bonds. The molecule has 2 aliphatic carbocycles. The van der Waals surface area contributed by atoms with Gasteiger partial charge in [0.1, 0.15) is 0 Å². The van der Waals surface area contributed by atoms with Crippen LogP contribution in [0.2, 0.25) is 0 Å². The van der Waals surface area contributed by atoms with Crippen LogP contribution in [-0.4, -0.2) is 50.9 Å². The van der Waals surface area contributed by atoms with Crippen molar-refractivity contribution >= 4 is 17.8 Å². The van der Waals surface area contributed by atoms with Crippen LogP contribution in [0.3, 0.4) is 0 Å². The van der Waals surface area contributed by atoms with Crippen molar-refractivity contribution in [2.45, 2.75) is 44.9 Å². The molecule has 0 spiro atoms. The summed E-state index contributed by atoms with van der Waals surface area (Å²) < 4.78 is 0. The topological polar surface area (TPSA) is 150 Å². The minimum Gasteiger partial charge on any atom is -0.481 e. The van der Waals surface area contributed by atoms with Gasteiger partial charge in [-0.1, -0.05) is 7.43 Å². The van der Waals surface area contributed by atoms with Crippen LogP contribution in [0.4, 0.5) is 0 Å². The zero-order valence-corrected chi connectivity index (χ0v) is 10.9. The molecule has 8 heteroatoms. The molecule has 0 aromatic rings. The number of rotatable bonds is 5. The molecule has 0 aliphatic heterocycles. The number of fused-ring (bicyclic) bond motifs is 1. The van der Waals surface area contributed by atoms with Crippen LogP contribution in [0.1, 0.15) is 27.2 Å². The van der Waals surface area contributed by atoms with E-state index in [1.54, 1.807) is 0 Å². The minimum absolute atomic E-state index is 0. The van der Waals surface area contributed by atoms with E-state index in [2.05, 4.69) is 5.32 Å². The van der Waals surface area contributed by atoms with Gasteiger partial charge < -0.3 is 26.4 Å². The lowest BCUT2D eigenvalue weighted by Gasteiger charge is -2.28. The quantitative estimate of drug-likeness (QED) is 0.437. The smallest absolute Gasteiger partial charge is 0.328 e. The molecule has 1 unspecified atom stereocenters. The molecular weight excluding hydrogens is 280 g/mol. The zero-order valence-electron chi connectivity index (χ0n) is 10.9. The third kappa shape index (κ3) is 2.73. The standard InChI is InChI=1S/C12H18N2O6.CH4/c1-4(15)8(10(18)19)14-11(20)12(13)3-2-5-6(7(5)12)9(16)17;/h4-8,15H,2-3,13H2,1H3,(H,14,20)(H,16,17)(H,18,19);1H4/t4-,5+,6+,7+,8?,12+;/m1./s1. The van der Waals surface area contributed by atoms with Crippen LogP contribution >= 0.6 is 0 Å². The van der Waals surface area contributed by atoms with E-state index in [0.717, 1.165) is 0 Å². The number of aliphatic carboxylic acids is 2. The normalized spacial score (nSPS) is 35.9. The van der Waals surface area contributed by atoms with Gasteiger partial charge in [0.05, 0.1) is 17.6 Å². The second-order valence-electron chi connectivity index (χ2n) is 5.66. The molecule has 2 rings (SSSR count). The van der Waals surface area contributed by atoms with Gasteiger partial charge in [0, 0.05) is 5.92 Å². The summed E-state index contributed by atoms with van der Waals surface area (Å²) in [4.78, 5) is 34.1. The lowest BCUT2D eigenvalue weighted by atomic mass is 9.90. The molecule has 120 valence electrons. The van der Waals surface area contributed by atoms with Crippen LogP contribution in [0.25, 0.3) is 0 Å². The fraction of sp³-hybridized carbons (Fsp3) is 0.769. The predicted molar refractivity (Wildman–Crippen MR) is 72.2 cm³/mol. The Morgan fingerprint density at radius 1 is 1.33 bits per heavy atom. The summed E-state index contributed by atoms with van der Waals surface area (Å²) in [5.74, 6) is -4.25. The lowest BCUT2D eigenvalue weighted by molar-refractivity contribution is -0.146. The number of nitrogens with one attached hydrogen (secondary N) is 1. The molecule has 0 saturated heterocycles. The van der Waals surface area contributed by atoms with Gasteiger partial charge >= 0.3 is 11.9 Å². The van der Waals surface area contributed by atoms with Crippen LogP contribution < -0.4 is 11.1 Å². The third-order valence-corrected chi connectivity index (χ3v) is 4.40. The van der Waals surface area contributed by atoms with Crippen molar-refractivity contribution in [1.82, 2.24) is 5.32 Å². The number of hydrogen-bond acceptors (Lipinski definition) is 5. The van der Waals surface area contributed by atoms with E-state index in [1.165, 1.54) is 6.92 Å². The molecule has 21 heavy (non-hydrogen) atoms. The Morgan fingerprint density at radius 3 is 2.29 bits per heavy atom. The van der Waals surface area contributed by atoms with Gasteiger partial charge in [0.15, 0.2) is 6.04 Å². The molecular formula is C13H22N2O6. The van der Waals surface area contributed by atoms with Crippen molar-refractivity contribution in [1.29, 1.82) is 0 Å². The third-order valence-electron chi connectivity index (χ3n) is 4.40. The minimum atomic E-state index is -1.45. The Labute approximate surface area is 122 Å². The first-order valence-corrected chi connectivity index (χ1v) is 6.43. The monoisotopic (exact) mass is 302 g/mol. The van der Waals surface area contributed by atoms with Crippen molar-refractivity contribution in [3.05, 3.63) is 0 Å². The number of aliphatic hydroxyl groups is 1. The first kappa shape index (κ1) is 17.4. The highest BCUT2D eigenvalue weighted by Gasteiger charge is 2.69. The average molecular weight is 302 g/mol. The van der Waals surface area contributed by atoms with Gasteiger partial charge in [-0.2, -0.15) is 0 Å². The van der Waals surface area contributed by atoms with Crippen molar-refractivity contribution < 1.29 is 29.7 Å². The van der Waals surface area contributed by atoms with Crippen molar-refractivity contribution in [2.75, 3.05) is 0 Å². The van der Waals surface area contributed by atoms with Gasteiger partial charge in [-0.25, -0.2) is 4.79 Å². The summed E-state index contributed by atoms with van der Waals surface area (Å²) in [6.45, 7) is 1.25. The molecule has 0 aromatic carbocycles. The van der Waals surface area contributed by atoms with Gasteiger partial charge in [0.25, 0.3) is 0 Å². The molecule has 2 aliphatic rings. The highest BCUT2D eigenvalue weighted by Crippen LogP contribution is 2.61. The predicted octanol–water partition coefficient (Wildman–Crippen LogP) is -0.989. The van der Waals surface area contributed by atoms with Crippen molar-refractivity contribution in [3.8, 4) is 0 Å². The number of amides is 1. The van der Waals surface area contributed by atoms with Crippen LogP contribution in [0.5, 0.6) is 0 Å². The second-order valence-corrected chi connectivity index (χ2v) is 5.66. The Balaban J connectivity index is 0.00000220. The molecule has 2 saturated carbocycles. The van der Waals surface area contributed by atoms with E-state index >= 15 is 0 Å². The number of nitrogens with two attached hydrogens (primary N) is 1. The average Bonchev–Trinajstić information content (AvgIpc) is 2.98. The Hall–Kier alpha value is -1.67. The van der Waals surface area contributed by atoms with Gasteiger partial charge in [0.2, 0.25) is 5.91 Å². The maximum atomic E-state index is 12.2. The summed E-state index contributed by atoms with van der Waals surface area (Å²) in [5, 5.41) is 29.5. The van der Waals surface area contributed by atoms with Crippen LogP contribution in [0, 0.1) is 17.8 Å². The molecule has 0 bridgehead atoms. The summed E-state index contributed by atoms with van der Waals surface area (Å²) in [6, 6.07) is -1.45. The van der Waals surface area contributed by atoms with Gasteiger partial charge in [-0.15, -0.1) is 0 Å². The van der Waals surface area contributed by atoms with E-state index in [9.17, 15) is 19.5 Å². The van der Waals surface area contributed by atoms with E-state index in [-0.39, 0.29) is 13.3 Å². The maximum absolute atomic E-state index is 12.2. The first-order chi connectivity index (χ1) is 9.20. The van der Waals surface area contributed by atoms with Crippen LogP contribution in [-0.2, 0) is 14.4 Å². The van der Waals surface area contributed by atoms with Gasteiger partial charge in [-0.3, -0.25) is 9.59 Å². The number of carboxylic acids is 2. The molecule has 2 fully saturated rings. The lowest BCUT2D eigenvalue weighted by Crippen LogP contribution is -2.60. The van der Waals surface area contributed by atoms with E-state index in [4.69, 9.17) is 15.9 Å². The second kappa shape index (κ2) is 5.61. The largest absolute Gasteiger partial charge is 0.481 e. The summed E-state index contributed by atoms with van der Waals surface area (Å²) in [5.41, 5.74) is 4.65. The molecule has 0 radical (unpaired) electrons. The fourth-order valence-electron chi connectivity index (χ4n) is 3.27. The molecule has 0 aromatic heterocycles. The molecule has 6 N–H and O–H groups in total. The highest BCUT2D eigenvalue weighted by molar-refractivity contribution is 5.93. The maximum Gasteiger partial charge on any atom is 0.328 e. The molecule has 8 nitrogen and oxygen atoms in total. The number of hydrogen-bond donors (Lipinski definition) is 5. The van der Waals surface area contributed by atoms with Crippen molar-refractivity contribution in [3.63, 3.8) is 0 Å². The SMILES string of the molecule is C.C[C@@H](O)C(NC(=O)[C@]1(N)CC[C@H]2[C@H](C(=O)O)[C@H]21)C(=O)O. The summed E-state index contributed by atoms with van der Waals surface area (Å²) >= 11 is 0. The number of carboxylic acid groups (broad SMARTS) is 2.